The second-order valence-electron chi connectivity index (χ2n) is 8.83. The van der Waals surface area contributed by atoms with E-state index in [-0.39, 0.29) is 24.7 Å². The number of hydrogen-bond donors (Lipinski definition) is 1. The third kappa shape index (κ3) is 4.03. The first-order valence-electron chi connectivity index (χ1n) is 11.6. The Labute approximate surface area is 207 Å². The zero-order valence-electron chi connectivity index (χ0n) is 19.9. The van der Waals surface area contributed by atoms with Gasteiger partial charge in [0, 0.05) is 55.0 Å². The summed E-state index contributed by atoms with van der Waals surface area (Å²) in [4.78, 5) is 29.2. The summed E-state index contributed by atoms with van der Waals surface area (Å²) in [6, 6.07) is 17.1. The topological polar surface area (TPSA) is 63.6 Å². The minimum atomic E-state index is -0.874. The summed E-state index contributed by atoms with van der Waals surface area (Å²) in [6.07, 6.45) is 1.93. The standard InChI is InChI=1S/C28H25F2N3O3/c1-32-16-21(18-7-5-6-10-24(18)32)26-25(27(34)31-23-12-11-17(29)15-22(23)30)19-8-3-4-9-20(19)28(35)33(26)13-14-36-2/h3-12,15-16,25-26H,13-14H2,1-2H3,(H,31,34). The third-order valence-electron chi connectivity index (χ3n) is 6.69. The van der Waals surface area contributed by atoms with E-state index in [4.69, 9.17) is 4.74 Å². The molecule has 8 heteroatoms. The van der Waals surface area contributed by atoms with E-state index in [0.717, 1.165) is 28.6 Å². The van der Waals surface area contributed by atoms with E-state index in [2.05, 4.69) is 5.32 Å². The fourth-order valence-electron chi connectivity index (χ4n) is 5.07. The predicted molar refractivity (Wildman–Crippen MR) is 133 cm³/mol. The zero-order chi connectivity index (χ0) is 25.4. The van der Waals surface area contributed by atoms with Crippen LogP contribution in [0, 0.1) is 11.6 Å². The number of aryl methyl sites for hydroxylation is 1. The Hall–Kier alpha value is -4.04. The molecule has 1 aromatic heterocycles. The van der Waals surface area contributed by atoms with Crippen LogP contribution in [0.15, 0.2) is 72.9 Å². The van der Waals surface area contributed by atoms with E-state index in [1.165, 1.54) is 6.07 Å². The Balaban J connectivity index is 1.69. The van der Waals surface area contributed by atoms with Crippen LogP contribution in [0.25, 0.3) is 10.9 Å². The highest BCUT2D eigenvalue weighted by Gasteiger charge is 2.45. The molecule has 4 aromatic rings. The van der Waals surface area contributed by atoms with Crippen molar-refractivity contribution in [1.82, 2.24) is 9.47 Å². The highest BCUT2D eigenvalue weighted by atomic mass is 19.1. The van der Waals surface area contributed by atoms with Crippen molar-refractivity contribution in [3.63, 3.8) is 0 Å². The Morgan fingerprint density at radius 1 is 1.03 bits per heavy atom. The van der Waals surface area contributed by atoms with Gasteiger partial charge in [0.1, 0.15) is 11.6 Å². The lowest BCUT2D eigenvalue weighted by Crippen LogP contribution is -2.47. The first kappa shape index (κ1) is 23.7. The van der Waals surface area contributed by atoms with E-state index in [0.29, 0.717) is 11.1 Å². The predicted octanol–water partition coefficient (Wildman–Crippen LogP) is 5.02. The van der Waals surface area contributed by atoms with Crippen LogP contribution in [0.4, 0.5) is 14.5 Å². The van der Waals surface area contributed by atoms with Gasteiger partial charge >= 0.3 is 0 Å². The van der Waals surface area contributed by atoms with Gasteiger partial charge in [0.15, 0.2) is 0 Å². The highest BCUT2D eigenvalue weighted by molar-refractivity contribution is 6.05. The second-order valence-corrected chi connectivity index (χ2v) is 8.83. The van der Waals surface area contributed by atoms with Crippen molar-refractivity contribution in [2.45, 2.75) is 12.0 Å². The van der Waals surface area contributed by atoms with E-state index in [1.54, 1.807) is 36.3 Å². The summed E-state index contributed by atoms with van der Waals surface area (Å²) >= 11 is 0. The van der Waals surface area contributed by atoms with Crippen LogP contribution in [-0.2, 0) is 16.6 Å². The lowest BCUT2D eigenvalue weighted by molar-refractivity contribution is -0.119. The number of nitrogens with zero attached hydrogens (tertiary/aromatic N) is 2. The maximum Gasteiger partial charge on any atom is 0.254 e. The molecule has 0 saturated carbocycles. The molecular formula is C28H25F2N3O3. The molecule has 0 fully saturated rings. The molecule has 3 aromatic carbocycles. The van der Waals surface area contributed by atoms with Gasteiger partial charge in [-0.1, -0.05) is 36.4 Å². The lowest BCUT2D eigenvalue weighted by Gasteiger charge is -2.41. The molecule has 2 amide bonds. The number of fused-ring (bicyclic) bond motifs is 2. The van der Waals surface area contributed by atoms with Gasteiger partial charge in [-0.3, -0.25) is 9.59 Å². The van der Waals surface area contributed by atoms with Crippen LogP contribution in [0.2, 0.25) is 0 Å². The molecule has 0 saturated heterocycles. The lowest BCUT2D eigenvalue weighted by atomic mass is 9.79. The summed E-state index contributed by atoms with van der Waals surface area (Å²) in [5.41, 5.74) is 2.58. The van der Waals surface area contributed by atoms with Crippen molar-refractivity contribution in [1.29, 1.82) is 0 Å². The molecule has 6 nitrogen and oxygen atoms in total. The molecule has 1 N–H and O–H groups in total. The van der Waals surface area contributed by atoms with E-state index >= 15 is 0 Å². The van der Waals surface area contributed by atoms with Crippen LogP contribution in [0.5, 0.6) is 0 Å². The number of nitrogens with one attached hydrogen (secondary N) is 1. The molecule has 0 radical (unpaired) electrons. The van der Waals surface area contributed by atoms with Gasteiger partial charge in [-0.2, -0.15) is 0 Å². The quantitative estimate of drug-likeness (QED) is 0.414. The van der Waals surface area contributed by atoms with Gasteiger partial charge in [0.2, 0.25) is 5.91 Å². The number of halogens is 2. The van der Waals surface area contributed by atoms with Crippen LogP contribution < -0.4 is 5.32 Å². The maximum atomic E-state index is 14.5. The molecule has 1 aliphatic rings. The normalized spacial score (nSPS) is 17.3. The van der Waals surface area contributed by atoms with Gasteiger partial charge in [-0.25, -0.2) is 8.78 Å². The number of hydrogen-bond acceptors (Lipinski definition) is 3. The summed E-state index contributed by atoms with van der Waals surface area (Å²) < 4.78 is 35.2. The monoisotopic (exact) mass is 489 g/mol. The smallest absolute Gasteiger partial charge is 0.254 e. The van der Waals surface area contributed by atoms with Crippen LogP contribution in [-0.4, -0.2) is 41.5 Å². The van der Waals surface area contributed by atoms with Gasteiger partial charge in [0.05, 0.1) is 24.3 Å². The van der Waals surface area contributed by atoms with Gasteiger partial charge in [-0.15, -0.1) is 0 Å². The largest absolute Gasteiger partial charge is 0.383 e. The molecule has 2 heterocycles. The highest BCUT2D eigenvalue weighted by Crippen LogP contribution is 2.45. The van der Waals surface area contributed by atoms with E-state index in [9.17, 15) is 18.4 Å². The van der Waals surface area contributed by atoms with Gasteiger partial charge in [-0.05, 0) is 29.8 Å². The SMILES string of the molecule is COCCN1C(=O)c2ccccc2C(C(=O)Nc2ccc(F)cc2F)C1c1cn(C)c2ccccc12. The first-order chi connectivity index (χ1) is 17.4. The number of amides is 2. The zero-order valence-corrected chi connectivity index (χ0v) is 19.9. The fraction of sp³-hybridized carbons (Fsp3) is 0.214. The number of rotatable bonds is 6. The maximum absolute atomic E-state index is 14.5. The Bertz CT molecular complexity index is 1470. The van der Waals surface area contributed by atoms with Crippen LogP contribution in [0.1, 0.15) is 33.4 Å². The number of benzene rings is 3. The molecule has 2 atom stereocenters. The molecule has 0 spiro atoms. The number of para-hydroxylation sites is 1. The molecule has 1 aliphatic heterocycles. The fourth-order valence-corrected chi connectivity index (χ4v) is 5.07. The van der Waals surface area contributed by atoms with E-state index in [1.807, 2.05) is 42.1 Å². The minimum Gasteiger partial charge on any atom is -0.383 e. The Morgan fingerprint density at radius 2 is 1.78 bits per heavy atom. The number of carbonyl (C=O) groups is 2. The Morgan fingerprint density at radius 3 is 2.56 bits per heavy atom. The van der Waals surface area contributed by atoms with Crippen LogP contribution >= 0.6 is 0 Å². The molecule has 36 heavy (non-hydrogen) atoms. The van der Waals surface area contributed by atoms with Crippen molar-refractivity contribution in [2.24, 2.45) is 7.05 Å². The van der Waals surface area contributed by atoms with Crippen molar-refractivity contribution >= 4 is 28.4 Å². The van der Waals surface area contributed by atoms with Crippen LogP contribution in [0.3, 0.4) is 0 Å². The van der Waals surface area contributed by atoms with Crippen molar-refractivity contribution in [2.75, 3.05) is 25.6 Å². The number of aromatic nitrogens is 1. The molecule has 184 valence electrons. The summed E-state index contributed by atoms with van der Waals surface area (Å²) in [5.74, 6) is -3.18. The molecular weight excluding hydrogens is 464 g/mol. The Kier molecular flexibility index (Phi) is 6.28. The molecule has 5 rings (SSSR count). The van der Waals surface area contributed by atoms with Gasteiger partial charge < -0.3 is 19.5 Å². The van der Waals surface area contributed by atoms with Crippen molar-refractivity contribution in [3.05, 3.63) is 101 Å². The van der Waals surface area contributed by atoms with Gasteiger partial charge in [0.25, 0.3) is 5.91 Å². The number of anilines is 1. The molecule has 0 bridgehead atoms. The second kappa shape index (κ2) is 9.54. The summed E-state index contributed by atoms with van der Waals surface area (Å²) in [6.45, 7) is 0.530. The number of carbonyl (C=O) groups excluding carboxylic acids is 2. The van der Waals surface area contributed by atoms with Crippen molar-refractivity contribution < 1.29 is 23.1 Å². The average Bonchev–Trinajstić information content (AvgIpc) is 3.21. The first-order valence-corrected chi connectivity index (χ1v) is 11.6. The van der Waals surface area contributed by atoms with Crippen molar-refractivity contribution in [3.8, 4) is 0 Å². The third-order valence-corrected chi connectivity index (χ3v) is 6.69. The molecule has 2 unspecified atom stereocenters. The minimum absolute atomic E-state index is 0.129. The summed E-state index contributed by atoms with van der Waals surface area (Å²) in [7, 11) is 3.46. The number of ether oxygens (including phenoxy) is 1. The van der Waals surface area contributed by atoms with E-state index < -0.39 is 29.5 Å². The summed E-state index contributed by atoms with van der Waals surface area (Å²) in [5, 5.41) is 3.55. The number of methoxy groups -OCH3 is 1. The average molecular weight is 490 g/mol. The molecule has 0 aliphatic carbocycles.